The first-order chi connectivity index (χ1) is 12.5. The minimum atomic E-state index is -0.518. The molecule has 2 fully saturated rings. The highest BCUT2D eigenvalue weighted by Gasteiger charge is 2.24. The molecule has 142 valence electrons. The molecule has 3 rings (SSSR count). The van der Waals surface area contributed by atoms with Crippen LogP contribution in [0, 0.1) is 17.6 Å². The summed E-state index contributed by atoms with van der Waals surface area (Å²) in [6.07, 6.45) is 7.20. The predicted octanol–water partition coefficient (Wildman–Crippen LogP) is 4.11. The molecule has 26 heavy (non-hydrogen) atoms. The summed E-state index contributed by atoms with van der Waals surface area (Å²) in [6, 6.07) is 3.86. The highest BCUT2D eigenvalue weighted by atomic mass is 19.1. The van der Waals surface area contributed by atoms with Crippen LogP contribution in [0.2, 0.25) is 0 Å². The minimum Gasteiger partial charge on any atom is -0.323 e. The topological polar surface area (TPSA) is 44.7 Å². The second-order valence-electron chi connectivity index (χ2n) is 7.47. The summed E-state index contributed by atoms with van der Waals surface area (Å²) in [4.78, 5) is 18.2. The van der Waals surface area contributed by atoms with Crippen LogP contribution in [0.25, 0.3) is 0 Å². The van der Waals surface area contributed by atoms with Gasteiger partial charge in [-0.1, -0.05) is 0 Å². The number of aliphatic imine (C=N–C) groups is 1. The van der Waals surface area contributed by atoms with Gasteiger partial charge in [-0.3, -0.25) is 0 Å². The summed E-state index contributed by atoms with van der Waals surface area (Å²) in [6.45, 7) is 1.88. The van der Waals surface area contributed by atoms with E-state index in [4.69, 9.17) is 0 Å². The van der Waals surface area contributed by atoms with Crippen molar-refractivity contribution in [1.82, 2.24) is 10.2 Å². The lowest BCUT2D eigenvalue weighted by Gasteiger charge is -2.30. The highest BCUT2D eigenvalue weighted by molar-refractivity contribution is 5.84. The van der Waals surface area contributed by atoms with Crippen LogP contribution in [0.3, 0.4) is 0 Å². The van der Waals surface area contributed by atoms with Crippen molar-refractivity contribution in [3.8, 4) is 0 Å². The van der Waals surface area contributed by atoms with E-state index in [1.54, 1.807) is 11.1 Å². The first kappa shape index (κ1) is 19.0. The van der Waals surface area contributed by atoms with Gasteiger partial charge in [-0.25, -0.2) is 18.6 Å². The van der Waals surface area contributed by atoms with Crippen molar-refractivity contribution < 1.29 is 13.6 Å². The Bertz CT molecular complexity index is 630. The number of piperidine rings is 1. The van der Waals surface area contributed by atoms with Gasteiger partial charge in [-0.05, 0) is 81.1 Å². The summed E-state index contributed by atoms with van der Waals surface area (Å²) in [7, 11) is 1.82. The predicted molar refractivity (Wildman–Crippen MR) is 98.6 cm³/mol. The zero-order chi connectivity index (χ0) is 18.5. The molecule has 1 heterocycles. The molecule has 0 atom stereocenters. The number of amides is 2. The van der Waals surface area contributed by atoms with Gasteiger partial charge in [0.25, 0.3) is 0 Å². The van der Waals surface area contributed by atoms with Gasteiger partial charge in [-0.2, -0.15) is 0 Å². The third-order valence-corrected chi connectivity index (χ3v) is 5.68. The number of nitrogens with one attached hydrogen (secondary N) is 1. The van der Waals surface area contributed by atoms with Crippen LogP contribution in [0.15, 0.2) is 23.2 Å². The second kappa shape index (κ2) is 8.71. The Balaban J connectivity index is 1.50. The standard InChI is InChI=1S/C20H27F2N3O/c1-25(19-6-8-23-9-7-19)20(26)24-13-14-2-4-15(5-3-14)16-10-17(21)12-18(22)11-16/h10-15,19,23H,2-9H2,1H3/b24-13+. The van der Waals surface area contributed by atoms with E-state index in [1.165, 1.54) is 12.1 Å². The van der Waals surface area contributed by atoms with Gasteiger partial charge in [0.2, 0.25) is 0 Å². The maximum Gasteiger partial charge on any atom is 0.343 e. The largest absolute Gasteiger partial charge is 0.343 e. The number of rotatable bonds is 3. The molecule has 0 radical (unpaired) electrons. The van der Waals surface area contributed by atoms with E-state index >= 15 is 0 Å². The highest BCUT2D eigenvalue weighted by Crippen LogP contribution is 2.35. The average molecular weight is 363 g/mol. The number of nitrogens with zero attached hydrogens (tertiary/aromatic N) is 2. The van der Waals surface area contributed by atoms with Crippen molar-refractivity contribution in [3.63, 3.8) is 0 Å². The molecule has 4 nitrogen and oxygen atoms in total. The molecule has 1 saturated heterocycles. The van der Waals surface area contributed by atoms with Crippen molar-refractivity contribution in [2.45, 2.75) is 50.5 Å². The molecule has 1 saturated carbocycles. The monoisotopic (exact) mass is 363 g/mol. The number of benzene rings is 1. The van der Waals surface area contributed by atoms with Crippen molar-refractivity contribution >= 4 is 12.2 Å². The quantitative estimate of drug-likeness (QED) is 0.822. The van der Waals surface area contributed by atoms with Gasteiger partial charge in [0.05, 0.1) is 0 Å². The number of hydrogen-bond donors (Lipinski definition) is 1. The molecule has 6 heteroatoms. The van der Waals surface area contributed by atoms with Crippen LogP contribution in [0.4, 0.5) is 13.6 Å². The van der Waals surface area contributed by atoms with Gasteiger partial charge < -0.3 is 10.2 Å². The van der Waals surface area contributed by atoms with E-state index in [9.17, 15) is 13.6 Å². The van der Waals surface area contributed by atoms with E-state index in [-0.39, 0.29) is 23.9 Å². The van der Waals surface area contributed by atoms with E-state index in [0.29, 0.717) is 0 Å². The van der Waals surface area contributed by atoms with Crippen molar-refractivity contribution in [3.05, 3.63) is 35.4 Å². The molecule has 0 bridgehead atoms. The summed E-state index contributed by atoms with van der Waals surface area (Å²) in [5, 5.41) is 3.29. The molecule has 1 N–H and O–H groups in total. The van der Waals surface area contributed by atoms with Gasteiger partial charge in [-0.15, -0.1) is 0 Å². The maximum atomic E-state index is 13.4. The lowest BCUT2D eigenvalue weighted by molar-refractivity contribution is 0.186. The Morgan fingerprint density at radius 3 is 2.31 bits per heavy atom. The Morgan fingerprint density at radius 2 is 1.69 bits per heavy atom. The third kappa shape index (κ3) is 4.87. The van der Waals surface area contributed by atoms with Crippen LogP contribution < -0.4 is 5.32 Å². The molecule has 2 aliphatic rings. The zero-order valence-corrected chi connectivity index (χ0v) is 15.3. The Kier molecular flexibility index (Phi) is 6.35. The number of hydrogen-bond acceptors (Lipinski definition) is 2. The maximum absolute atomic E-state index is 13.4. The lowest BCUT2D eigenvalue weighted by atomic mass is 9.79. The van der Waals surface area contributed by atoms with Crippen LogP contribution >= 0.6 is 0 Å². The molecule has 0 aromatic heterocycles. The number of halogens is 2. The molecule has 1 aromatic rings. The normalized spacial score (nSPS) is 24.7. The number of carbonyl (C=O) groups is 1. The number of carbonyl (C=O) groups excluding carboxylic acids is 1. The van der Waals surface area contributed by atoms with E-state index in [1.807, 2.05) is 7.05 Å². The van der Waals surface area contributed by atoms with E-state index in [0.717, 1.165) is 63.2 Å². The van der Waals surface area contributed by atoms with Gasteiger partial charge in [0.1, 0.15) is 11.6 Å². The molecular weight excluding hydrogens is 336 g/mol. The Hall–Kier alpha value is -1.82. The van der Waals surface area contributed by atoms with Crippen molar-refractivity contribution in [1.29, 1.82) is 0 Å². The van der Waals surface area contributed by atoms with E-state index in [2.05, 4.69) is 10.3 Å². The molecular formula is C20H27F2N3O. The van der Waals surface area contributed by atoms with Gasteiger partial charge in [0.15, 0.2) is 0 Å². The first-order valence-electron chi connectivity index (χ1n) is 9.50. The molecule has 0 spiro atoms. The number of urea groups is 1. The summed E-state index contributed by atoms with van der Waals surface area (Å²) in [5.41, 5.74) is 0.736. The molecule has 0 unspecified atom stereocenters. The van der Waals surface area contributed by atoms with Gasteiger partial charge in [0, 0.05) is 25.4 Å². The fourth-order valence-corrected chi connectivity index (χ4v) is 4.02. The second-order valence-corrected chi connectivity index (χ2v) is 7.47. The van der Waals surface area contributed by atoms with Crippen LogP contribution in [0.5, 0.6) is 0 Å². The first-order valence-corrected chi connectivity index (χ1v) is 9.50. The fourth-order valence-electron chi connectivity index (χ4n) is 4.02. The molecule has 1 aliphatic heterocycles. The van der Waals surface area contributed by atoms with Crippen LogP contribution in [0.1, 0.15) is 50.0 Å². The average Bonchev–Trinajstić information content (AvgIpc) is 2.66. The van der Waals surface area contributed by atoms with E-state index < -0.39 is 11.6 Å². The van der Waals surface area contributed by atoms with Crippen LogP contribution in [-0.2, 0) is 0 Å². The minimum absolute atomic E-state index is 0.175. The third-order valence-electron chi connectivity index (χ3n) is 5.68. The molecule has 2 amide bonds. The fraction of sp³-hybridized carbons (Fsp3) is 0.600. The lowest BCUT2D eigenvalue weighted by Crippen LogP contribution is -2.43. The zero-order valence-electron chi connectivity index (χ0n) is 15.3. The smallest absolute Gasteiger partial charge is 0.323 e. The Morgan fingerprint density at radius 1 is 1.08 bits per heavy atom. The SMILES string of the molecule is CN(C(=O)/N=C/C1CCC(c2cc(F)cc(F)c2)CC1)C1CCNCC1. The summed E-state index contributed by atoms with van der Waals surface area (Å²) < 4.78 is 26.8. The Labute approximate surface area is 153 Å². The van der Waals surface area contributed by atoms with Crippen molar-refractivity contribution in [2.24, 2.45) is 10.9 Å². The summed E-state index contributed by atoms with van der Waals surface area (Å²) >= 11 is 0. The molecule has 1 aromatic carbocycles. The summed E-state index contributed by atoms with van der Waals surface area (Å²) in [5.74, 6) is -0.599. The van der Waals surface area contributed by atoms with Gasteiger partial charge >= 0.3 is 6.03 Å². The van der Waals surface area contributed by atoms with Crippen molar-refractivity contribution in [2.75, 3.05) is 20.1 Å². The van der Waals surface area contributed by atoms with Crippen LogP contribution in [-0.4, -0.2) is 43.3 Å². The molecule has 1 aliphatic carbocycles.